The average Bonchev–Trinajstić information content (AvgIpc) is 3.42. The van der Waals surface area contributed by atoms with Gasteiger partial charge in [-0.2, -0.15) is 0 Å². The summed E-state index contributed by atoms with van der Waals surface area (Å²) >= 11 is 6.67. The molecule has 196 valence electrons. The quantitative estimate of drug-likeness (QED) is 0.470. The number of carbonyl (C=O) groups is 2. The van der Waals surface area contributed by atoms with Crippen LogP contribution in [-0.4, -0.2) is 50.7 Å². The van der Waals surface area contributed by atoms with Crippen LogP contribution in [0, 0.1) is 5.92 Å². The summed E-state index contributed by atoms with van der Waals surface area (Å²) in [5.74, 6) is -0.571. The molecular weight excluding hydrogens is 492 g/mol. The second kappa shape index (κ2) is 10.8. The first-order valence-corrected chi connectivity index (χ1v) is 13.6. The number of aryl methyl sites for hydroxylation is 1. The Morgan fingerprint density at radius 1 is 1.11 bits per heavy atom. The van der Waals surface area contributed by atoms with E-state index in [9.17, 15) is 24.6 Å². The largest absolute Gasteiger partial charge is 0.480 e. The SMILES string of the molecule is O=C(O)[C@@H]1C[C@@H](O)CN1C(=O)CCc1ccc(/C(=C\C2CCCC2)c2ccc(C3CC3)c(=O)[nH]2)cc1Cl. The number of amides is 1. The summed E-state index contributed by atoms with van der Waals surface area (Å²) in [6.07, 6.45) is 8.78. The van der Waals surface area contributed by atoms with Gasteiger partial charge in [0.15, 0.2) is 0 Å². The number of hydrogen-bond acceptors (Lipinski definition) is 4. The molecule has 8 heteroatoms. The van der Waals surface area contributed by atoms with Crippen molar-refractivity contribution in [3.05, 3.63) is 74.2 Å². The van der Waals surface area contributed by atoms with Gasteiger partial charge in [-0.25, -0.2) is 4.79 Å². The number of rotatable bonds is 8. The maximum absolute atomic E-state index is 12.8. The maximum atomic E-state index is 12.8. The van der Waals surface area contributed by atoms with E-state index in [0.717, 1.165) is 53.6 Å². The van der Waals surface area contributed by atoms with Gasteiger partial charge >= 0.3 is 5.97 Å². The Morgan fingerprint density at radius 3 is 2.51 bits per heavy atom. The fraction of sp³-hybridized carbons (Fsp3) is 0.483. The van der Waals surface area contributed by atoms with Crippen molar-refractivity contribution in [1.82, 2.24) is 9.88 Å². The standard InChI is InChI=1S/C29H33ClN2O5/c30-24-14-20(8-7-19(24)9-12-27(34)32-16-21(33)15-26(32)29(36)37)23(13-17-3-1-2-4-17)25-11-10-22(18-5-6-18)28(35)31-25/h7-8,10-11,13-14,17-18,21,26,33H,1-6,9,12,15-16H2,(H,31,35)(H,36,37)/b23-13+/t21-,26+/m1/s1. The molecule has 0 radical (unpaired) electrons. The van der Waals surface area contributed by atoms with Crippen molar-refractivity contribution < 1.29 is 19.8 Å². The fourth-order valence-corrected chi connectivity index (χ4v) is 5.96. The molecule has 5 rings (SSSR count). The summed E-state index contributed by atoms with van der Waals surface area (Å²) in [7, 11) is 0. The molecule has 7 nitrogen and oxygen atoms in total. The lowest BCUT2D eigenvalue weighted by Crippen LogP contribution is -2.40. The van der Waals surface area contributed by atoms with Crippen molar-refractivity contribution in [1.29, 1.82) is 0 Å². The summed E-state index contributed by atoms with van der Waals surface area (Å²) in [6.45, 7) is 0.0372. The number of benzene rings is 1. The first-order chi connectivity index (χ1) is 17.8. The number of nitrogens with one attached hydrogen (secondary N) is 1. The normalized spacial score (nSPS) is 22.5. The van der Waals surface area contributed by atoms with E-state index in [4.69, 9.17) is 11.6 Å². The number of H-pyrrole nitrogens is 1. The average molecular weight is 525 g/mol. The lowest BCUT2D eigenvalue weighted by Gasteiger charge is -2.21. The number of carboxylic acid groups (broad SMARTS) is 1. The molecule has 1 saturated heterocycles. The van der Waals surface area contributed by atoms with Gasteiger partial charge in [0.05, 0.1) is 6.10 Å². The molecule has 3 fully saturated rings. The van der Waals surface area contributed by atoms with E-state index in [2.05, 4.69) is 11.1 Å². The smallest absolute Gasteiger partial charge is 0.326 e. The number of nitrogens with zero attached hydrogens (tertiary/aromatic N) is 1. The van der Waals surface area contributed by atoms with Crippen molar-refractivity contribution in [3.63, 3.8) is 0 Å². The Balaban J connectivity index is 1.35. The van der Waals surface area contributed by atoms with E-state index in [1.807, 2.05) is 30.3 Å². The van der Waals surface area contributed by atoms with E-state index >= 15 is 0 Å². The molecule has 2 aliphatic carbocycles. The molecule has 1 amide bonds. The minimum atomic E-state index is -1.10. The number of carbonyl (C=O) groups excluding carboxylic acids is 1. The van der Waals surface area contributed by atoms with Gasteiger partial charge in [0.25, 0.3) is 5.56 Å². The van der Waals surface area contributed by atoms with Crippen LogP contribution in [0.3, 0.4) is 0 Å². The van der Waals surface area contributed by atoms with Crippen LogP contribution < -0.4 is 5.56 Å². The van der Waals surface area contributed by atoms with Gasteiger partial charge in [0.1, 0.15) is 6.04 Å². The third-order valence-corrected chi connectivity index (χ3v) is 8.26. The van der Waals surface area contributed by atoms with Crippen LogP contribution in [0.4, 0.5) is 0 Å². The van der Waals surface area contributed by atoms with Crippen molar-refractivity contribution in [2.24, 2.45) is 5.92 Å². The Labute approximate surface area is 221 Å². The van der Waals surface area contributed by atoms with E-state index in [0.29, 0.717) is 23.3 Å². The summed E-state index contributed by atoms with van der Waals surface area (Å²) in [6, 6.07) is 8.72. The summed E-state index contributed by atoms with van der Waals surface area (Å²) in [5, 5.41) is 19.7. The van der Waals surface area contributed by atoms with Gasteiger partial charge in [-0.15, -0.1) is 0 Å². The van der Waals surface area contributed by atoms with Gasteiger partial charge in [-0.1, -0.05) is 48.7 Å². The minimum absolute atomic E-state index is 0.0229. The molecule has 1 aliphatic heterocycles. The number of β-amino-alcohol motifs (C(OH)–C–C–N with tert-alkyl or cyclic N) is 1. The number of pyridine rings is 1. The molecular formula is C29H33ClN2O5. The van der Waals surface area contributed by atoms with Crippen molar-refractivity contribution in [2.75, 3.05) is 6.54 Å². The van der Waals surface area contributed by atoms with Crippen LogP contribution in [0.2, 0.25) is 5.02 Å². The molecule has 1 aromatic heterocycles. The van der Waals surface area contributed by atoms with Gasteiger partial charge in [-0.05, 0) is 67.2 Å². The Morgan fingerprint density at radius 2 is 1.86 bits per heavy atom. The van der Waals surface area contributed by atoms with E-state index in [1.54, 1.807) is 0 Å². The number of aliphatic hydroxyl groups excluding tert-OH is 1. The summed E-state index contributed by atoms with van der Waals surface area (Å²) in [4.78, 5) is 41.3. The molecule has 2 atom stereocenters. The molecule has 2 saturated carbocycles. The van der Waals surface area contributed by atoms with E-state index in [-0.39, 0.29) is 30.9 Å². The lowest BCUT2D eigenvalue weighted by atomic mass is 9.94. The zero-order chi connectivity index (χ0) is 26.1. The Hall–Kier alpha value is -2.90. The van der Waals surface area contributed by atoms with Crippen molar-refractivity contribution in [3.8, 4) is 0 Å². The van der Waals surface area contributed by atoms with Crippen LogP contribution in [0.5, 0.6) is 0 Å². The number of likely N-dealkylation sites (tertiary alicyclic amines) is 1. The number of aromatic amines is 1. The van der Waals surface area contributed by atoms with E-state index < -0.39 is 18.1 Å². The molecule has 2 heterocycles. The van der Waals surface area contributed by atoms with Crippen LogP contribution >= 0.6 is 11.6 Å². The van der Waals surface area contributed by atoms with Crippen LogP contribution in [-0.2, 0) is 16.0 Å². The van der Waals surface area contributed by atoms with Gasteiger partial charge in [0, 0.05) is 41.2 Å². The van der Waals surface area contributed by atoms with Crippen LogP contribution in [0.25, 0.3) is 5.57 Å². The highest BCUT2D eigenvalue weighted by Gasteiger charge is 2.38. The lowest BCUT2D eigenvalue weighted by molar-refractivity contribution is -0.148. The van der Waals surface area contributed by atoms with Crippen LogP contribution in [0.1, 0.15) is 79.7 Å². The zero-order valence-corrected chi connectivity index (χ0v) is 21.5. The zero-order valence-electron chi connectivity index (χ0n) is 20.8. The molecule has 3 N–H and O–H groups in total. The van der Waals surface area contributed by atoms with Gasteiger partial charge in [-0.3, -0.25) is 9.59 Å². The first kappa shape index (κ1) is 25.7. The second-order valence-electron chi connectivity index (χ2n) is 10.7. The second-order valence-corrected chi connectivity index (χ2v) is 11.1. The number of aliphatic hydroxyl groups is 1. The highest BCUT2D eigenvalue weighted by Crippen LogP contribution is 2.39. The predicted octanol–water partition coefficient (Wildman–Crippen LogP) is 4.51. The molecule has 0 spiro atoms. The molecule has 37 heavy (non-hydrogen) atoms. The summed E-state index contributed by atoms with van der Waals surface area (Å²) in [5.41, 5.74) is 4.29. The fourth-order valence-electron chi connectivity index (χ4n) is 5.69. The molecule has 0 unspecified atom stereocenters. The number of halogens is 1. The highest BCUT2D eigenvalue weighted by atomic mass is 35.5. The highest BCUT2D eigenvalue weighted by molar-refractivity contribution is 6.31. The van der Waals surface area contributed by atoms with Gasteiger partial charge < -0.3 is 20.1 Å². The monoisotopic (exact) mass is 524 g/mol. The first-order valence-electron chi connectivity index (χ1n) is 13.2. The Kier molecular flexibility index (Phi) is 7.54. The maximum Gasteiger partial charge on any atom is 0.326 e. The minimum Gasteiger partial charge on any atom is -0.480 e. The van der Waals surface area contributed by atoms with E-state index in [1.165, 1.54) is 17.7 Å². The third kappa shape index (κ3) is 5.83. The molecule has 3 aliphatic rings. The molecule has 0 bridgehead atoms. The Bertz CT molecular complexity index is 1280. The number of carboxylic acids is 1. The van der Waals surface area contributed by atoms with Crippen molar-refractivity contribution in [2.45, 2.75) is 75.9 Å². The number of hydrogen-bond donors (Lipinski definition) is 3. The van der Waals surface area contributed by atoms with Crippen LogP contribution in [0.15, 0.2) is 41.2 Å². The van der Waals surface area contributed by atoms with Crippen molar-refractivity contribution >= 4 is 29.1 Å². The van der Waals surface area contributed by atoms with Gasteiger partial charge in [0.2, 0.25) is 5.91 Å². The molecule has 2 aromatic rings. The summed E-state index contributed by atoms with van der Waals surface area (Å²) < 4.78 is 0. The number of aromatic nitrogens is 1. The third-order valence-electron chi connectivity index (χ3n) is 7.91. The number of aliphatic carboxylic acids is 1. The molecule has 1 aromatic carbocycles. The topological polar surface area (TPSA) is 111 Å². The predicted molar refractivity (Wildman–Crippen MR) is 142 cm³/mol. The number of allylic oxidation sites excluding steroid dienone is 1.